The van der Waals surface area contributed by atoms with E-state index in [1.165, 1.54) is 0 Å². The maximum Gasteiger partial charge on any atom is 0.244 e. The van der Waals surface area contributed by atoms with Crippen LogP contribution < -0.4 is 5.32 Å². The molecule has 0 spiro atoms. The van der Waals surface area contributed by atoms with Gasteiger partial charge in [0, 0.05) is 11.6 Å². The van der Waals surface area contributed by atoms with Crippen LogP contribution in [-0.2, 0) is 15.0 Å². The molecule has 1 saturated carbocycles. The summed E-state index contributed by atoms with van der Waals surface area (Å²) in [6.07, 6.45) is 2.51. The maximum absolute atomic E-state index is 13.3. The second kappa shape index (κ2) is 8.73. The van der Waals surface area contributed by atoms with Gasteiger partial charge in [0.15, 0.2) is 0 Å². The number of nitrogens with zero attached hydrogens (tertiary/aromatic N) is 1. The van der Waals surface area contributed by atoms with Gasteiger partial charge in [-0.1, -0.05) is 59.4 Å². The fourth-order valence-corrected chi connectivity index (χ4v) is 4.14. The summed E-state index contributed by atoms with van der Waals surface area (Å²) in [7, 11) is 0. The minimum Gasteiger partial charge on any atom is -0.333 e. The summed E-state index contributed by atoms with van der Waals surface area (Å²) in [4.78, 5) is 27.5. The highest BCUT2D eigenvalue weighted by molar-refractivity contribution is 6.39. The average molecular weight is 440 g/mol. The molecule has 1 fully saturated rings. The Morgan fingerprint density at radius 3 is 2.14 bits per heavy atom. The molecule has 148 valence electrons. The quantitative estimate of drug-likeness (QED) is 0.641. The molecule has 1 aliphatic carbocycles. The number of amides is 2. The topological polar surface area (TPSA) is 49.4 Å². The second-order valence-electron chi connectivity index (χ2n) is 6.91. The van der Waals surface area contributed by atoms with Crippen molar-refractivity contribution in [2.24, 2.45) is 0 Å². The summed E-state index contributed by atoms with van der Waals surface area (Å²) in [6, 6.07) is 12.4. The Morgan fingerprint density at radius 1 is 1.04 bits per heavy atom. The molecule has 2 aromatic carbocycles. The zero-order valence-corrected chi connectivity index (χ0v) is 17.7. The van der Waals surface area contributed by atoms with Gasteiger partial charge in [-0.3, -0.25) is 9.59 Å². The number of hydrogen-bond donors (Lipinski definition) is 1. The van der Waals surface area contributed by atoms with E-state index in [1.807, 2.05) is 19.1 Å². The molecule has 0 bridgehead atoms. The molecule has 28 heavy (non-hydrogen) atoms. The third-order valence-electron chi connectivity index (χ3n) is 5.24. The van der Waals surface area contributed by atoms with E-state index in [2.05, 4.69) is 5.32 Å². The average Bonchev–Trinajstić information content (AvgIpc) is 2.63. The first-order valence-electron chi connectivity index (χ1n) is 9.16. The Morgan fingerprint density at radius 2 is 1.64 bits per heavy atom. The number of para-hydroxylation sites is 1. The normalized spacial score (nSPS) is 14.9. The van der Waals surface area contributed by atoms with E-state index in [0.29, 0.717) is 27.3 Å². The summed E-state index contributed by atoms with van der Waals surface area (Å²) < 4.78 is 0. The largest absolute Gasteiger partial charge is 0.333 e. The van der Waals surface area contributed by atoms with E-state index in [-0.39, 0.29) is 18.4 Å². The maximum atomic E-state index is 13.3. The number of carbonyl (C=O) groups is 2. The fourth-order valence-electron chi connectivity index (χ4n) is 3.52. The van der Waals surface area contributed by atoms with Crippen molar-refractivity contribution in [3.8, 4) is 0 Å². The SMILES string of the molecule is CCN(CC(=O)Nc1c(Cl)cccc1Cl)C(=O)C1(c2ccc(Cl)cc2)CCC1. The predicted octanol–water partition coefficient (Wildman–Crippen LogP) is 5.56. The van der Waals surface area contributed by atoms with Crippen LogP contribution in [0.3, 0.4) is 0 Å². The van der Waals surface area contributed by atoms with Crippen LogP contribution in [0.1, 0.15) is 31.7 Å². The summed E-state index contributed by atoms with van der Waals surface area (Å²) in [6.45, 7) is 2.23. The van der Waals surface area contributed by atoms with Crippen molar-refractivity contribution >= 4 is 52.3 Å². The Hall–Kier alpha value is -1.75. The van der Waals surface area contributed by atoms with E-state index in [4.69, 9.17) is 34.8 Å². The van der Waals surface area contributed by atoms with Crippen LogP contribution >= 0.6 is 34.8 Å². The molecule has 0 atom stereocenters. The summed E-state index contributed by atoms with van der Waals surface area (Å²) in [5, 5.41) is 4.06. The fraction of sp³-hybridized carbons (Fsp3) is 0.333. The molecule has 3 rings (SSSR count). The number of rotatable bonds is 6. The predicted molar refractivity (Wildman–Crippen MR) is 114 cm³/mol. The molecule has 7 heteroatoms. The van der Waals surface area contributed by atoms with Crippen molar-refractivity contribution < 1.29 is 9.59 Å². The van der Waals surface area contributed by atoms with Gasteiger partial charge < -0.3 is 10.2 Å². The van der Waals surface area contributed by atoms with Gasteiger partial charge in [-0.15, -0.1) is 0 Å². The minimum atomic E-state index is -0.580. The lowest BCUT2D eigenvalue weighted by atomic mass is 9.63. The van der Waals surface area contributed by atoms with Crippen LogP contribution in [0.25, 0.3) is 0 Å². The van der Waals surface area contributed by atoms with Crippen LogP contribution in [0.5, 0.6) is 0 Å². The first-order chi connectivity index (χ1) is 13.4. The monoisotopic (exact) mass is 438 g/mol. The first-order valence-corrected chi connectivity index (χ1v) is 10.3. The van der Waals surface area contributed by atoms with Gasteiger partial charge in [-0.2, -0.15) is 0 Å². The number of halogens is 3. The van der Waals surface area contributed by atoms with Gasteiger partial charge in [-0.05, 0) is 49.6 Å². The number of hydrogen-bond acceptors (Lipinski definition) is 2. The third kappa shape index (κ3) is 4.14. The number of carbonyl (C=O) groups excluding carboxylic acids is 2. The smallest absolute Gasteiger partial charge is 0.244 e. The van der Waals surface area contributed by atoms with Crippen LogP contribution in [0.15, 0.2) is 42.5 Å². The van der Waals surface area contributed by atoms with Crippen LogP contribution in [-0.4, -0.2) is 29.8 Å². The number of likely N-dealkylation sites (N-methyl/N-ethyl adjacent to an activating group) is 1. The van der Waals surface area contributed by atoms with E-state index in [1.54, 1.807) is 35.2 Å². The van der Waals surface area contributed by atoms with Crippen LogP contribution in [0.4, 0.5) is 5.69 Å². The van der Waals surface area contributed by atoms with Gasteiger partial charge >= 0.3 is 0 Å². The summed E-state index contributed by atoms with van der Waals surface area (Å²) in [5.41, 5.74) is 0.722. The molecule has 1 N–H and O–H groups in total. The van der Waals surface area contributed by atoms with Crippen molar-refractivity contribution in [1.82, 2.24) is 4.90 Å². The molecule has 2 amide bonds. The van der Waals surface area contributed by atoms with Gasteiger partial charge in [0.1, 0.15) is 0 Å². The van der Waals surface area contributed by atoms with Crippen molar-refractivity contribution in [3.05, 3.63) is 63.1 Å². The highest BCUT2D eigenvalue weighted by Gasteiger charge is 2.47. The number of benzene rings is 2. The van der Waals surface area contributed by atoms with Crippen molar-refractivity contribution in [1.29, 1.82) is 0 Å². The molecular weight excluding hydrogens is 419 g/mol. The lowest BCUT2D eigenvalue weighted by molar-refractivity contribution is -0.143. The van der Waals surface area contributed by atoms with E-state index < -0.39 is 5.41 Å². The molecule has 0 heterocycles. The standard InChI is InChI=1S/C21H21Cl3N2O2/c1-2-26(13-18(27)25-19-16(23)5-3-6-17(19)24)20(28)21(11-4-12-21)14-7-9-15(22)10-8-14/h3,5-10H,2,4,11-13H2,1H3,(H,25,27). The molecule has 2 aromatic rings. The Kier molecular flexibility index (Phi) is 6.54. The molecule has 0 saturated heterocycles. The molecule has 0 aromatic heterocycles. The molecule has 1 aliphatic rings. The third-order valence-corrected chi connectivity index (χ3v) is 6.13. The van der Waals surface area contributed by atoms with Gasteiger partial charge in [0.25, 0.3) is 0 Å². The number of nitrogens with one attached hydrogen (secondary N) is 1. The Labute approximate surface area is 179 Å². The van der Waals surface area contributed by atoms with Crippen LogP contribution in [0.2, 0.25) is 15.1 Å². The molecule has 0 radical (unpaired) electrons. The molecule has 0 unspecified atom stereocenters. The van der Waals surface area contributed by atoms with Crippen molar-refractivity contribution in [2.45, 2.75) is 31.6 Å². The van der Waals surface area contributed by atoms with Gasteiger partial charge in [-0.25, -0.2) is 0 Å². The van der Waals surface area contributed by atoms with Crippen molar-refractivity contribution in [3.63, 3.8) is 0 Å². The lowest BCUT2D eigenvalue weighted by Gasteiger charge is -2.43. The Bertz CT molecular complexity index is 859. The second-order valence-corrected chi connectivity index (χ2v) is 8.16. The zero-order valence-electron chi connectivity index (χ0n) is 15.5. The van der Waals surface area contributed by atoms with E-state index >= 15 is 0 Å². The summed E-state index contributed by atoms with van der Waals surface area (Å²) in [5.74, 6) is -0.375. The van der Waals surface area contributed by atoms with E-state index in [9.17, 15) is 9.59 Å². The molecule has 4 nitrogen and oxygen atoms in total. The molecular formula is C21H21Cl3N2O2. The lowest BCUT2D eigenvalue weighted by Crippen LogP contribution is -2.52. The number of anilines is 1. The zero-order chi connectivity index (χ0) is 20.3. The van der Waals surface area contributed by atoms with Gasteiger partial charge in [0.05, 0.1) is 27.7 Å². The highest BCUT2D eigenvalue weighted by Crippen LogP contribution is 2.45. The molecule has 0 aliphatic heterocycles. The minimum absolute atomic E-state index is 0.0380. The van der Waals surface area contributed by atoms with Gasteiger partial charge in [0.2, 0.25) is 11.8 Å². The summed E-state index contributed by atoms with van der Waals surface area (Å²) >= 11 is 18.2. The van der Waals surface area contributed by atoms with Crippen LogP contribution in [0, 0.1) is 0 Å². The Balaban J connectivity index is 1.76. The van der Waals surface area contributed by atoms with E-state index in [0.717, 1.165) is 24.8 Å². The van der Waals surface area contributed by atoms with Crippen molar-refractivity contribution in [2.75, 3.05) is 18.4 Å². The first kappa shape index (κ1) is 21.0. The highest BCUT2D eigenvalue weighted by atomic mass is 35.5.